The van der Waals surface area contributed by atoms with E-state index in [2.05, 4.69) is 9.40 Å². The van der Waals surface area contributed by atoms with E-state index in [0.717, 1.165) is 0 Å². The standard InChI is InChI=1S/C9H13F3N2O/c1-2-6-7(4-3-5-13)15-8(14-6)9(10,11)12/h2-5,13H2,1H3. The zero-order valence-electron chi connectivity index (χ0n) is 8.40. The number of hydrogen-bond acceptors (Lipinski definition) is 3. The molecular weight excluding hydrogens is 209 g/mol. The highest BCUT2D eigenvalue weighted by molar-refractivity contribution is 5.11. The van der Waals surface area contributed by atoms with Crippen LogP contribution in [0.4, 0.5) is 13.2 Å². The summed E-state index contributed by atoms with van der Waals surface area (Å²) in [6.07, 6.45) is -3.08. The van der Waals surface area contributed by atoms with Gasteiger partial charge in [-0.1, -0.05) is 6.92 Å². The van der Waals surface area contributed by atoms with Gasteiger partial charge < -0.3 is 10.2 Å². The predicted molar refractivity (Wildman–Crippen MR) is 48.3 cm³/mol. The van der Waals surface area contributed by atoms with Crippen molar-refractivity contribution >= 4 is 0 Å². The summed E-state index contributed by atoms with van der Waals surface area (Å²) in [5.41, 5.74) is 5.65. The van der Waals surface area contributed by atoms with Gasteiger partial charge in [-0.3, -0.25) is 0 Å². The van der Waals surface area contributed by atoms with Crippen molar-refractivity contribution in [2.75, 3.05) is 6.54 Å². The molecule has 6 heteroatoms. The number of aromatic nitrogens is 1. The highest BCUT2D eigenvalue weighted by Gasteiger charge is 2.38. The molecule has 0 aliphatic carbocycles. The third-order valence-corrected chi connectivity index (χ3v) is 1.96. The van der Waals surface area contributed by atoms with Crippen LogP contribution in [0, 0.1) is 0 Å². The van der Waals surface area contributed by atoms with Crippen molar-refractivity contribution in [2.24, 2.45) is 5.73 Å². The summed E-state index contributed by atoms with van der Waals surface area (Å²) >= 11 is 0. The molecule has 0 unspecified atom stereocenters. The molecule has 15 heavy (non-hydrogen) atoms. The SMILES string of the molecule is CCc1nc(C(F)(F)F)oc1CCCN. The Labute approximate surface area is 85.5 Å². The third-order valence-electron chi connectivity index (χ3n) is 1.96. The van der Waals surface area contributed by atoms with Crippen molar-refractivity contribution in [1.29, 1.82) is 0 Å². The molecule has 0 atom stereocenters. The molecule has 0 fully saturated rings. The molecule has 0 aliphatic heterocycles. The summed E-state index contributed by atoms with van der Waals surface area (Å²) in [7, 11) is 0. The van der Waals surface area contributed by atoms with Crippen LogP contribution in [0.1, 0.15) is 30.7 Å². The van der Waals surface area contributed by atoms with Crippen molar-refractivity contribution in [3.05, 3.63) is 17.3 Å². The van der Waals surface area contributed by atoms with E-state index in [0.29, 0.717) is 37.3 Å². The molecule has 0 spiro atoms. The number of rotatable bonds is 4. The van der Waals surface area contributed by atoms with Crippen LogP contribution in [0.5, 0.6) is 0 Å². The maximum Gasteiger partial charge on any atom is 0.468 e. The highest BCUT2D eigenvalue weighted by Crippen LogP contribution is 2.30. The lowest BCUT2D eigenvalue weighted by molar-refractivity contribution is -0.157. The van der Waals surface area contributed by atoms with Crippen molar-refractivity contribution in [1.82, 2.24) is 4.98 Å². The molecule has 3 nitrogen and oxygen atoms in total. The van der Waals surface area contributed by atoms with Crippen LogP contribution < -0.4 is 5.73 Å². The van der Waals surface area contributed by atoms with E-state index in [-0.39, 0.29) is 0 Å². The molecule has 0 radical (unpaired) electrons. The summed E-state index contributed by atoms with van der Waals surface area (Å²) in [4.78, 5) is 3.42. The topological polar surface area (TPSA) is 52.0 Å². The summed E-state index contributed by atoms with van der Waals surface area (Å²) in [6.45, 7) is 2.16. The molecule has 2 N–H and O–H groups in total. The maximum absolute atomic E-state index is 12.3. The Kier molecular flexibility index (Phi) is 3.73. The molecule has 0 aliphatic rings. The molecule has 0 aromatic carbocycles. The zero-order valence-corrected chi connectivity index (χ0v) is 8.40. The fourth-order valence-corrected chi connectivity index (χ4v) is 1.24. The summed E-state index contributed by atoms with van der Waals surface area (Å²) < 4.78 is 41.5. The van der Waals surface area contributed by atoms with E-state index in [1.54, 1.807) is 6.92 Å². The minimum absolute atomic E-state index is 0.301. The van der Waals surface area contributed by atoms with Crippen molar-refractivity contribution in [2.45, 2.75) is 32.4 Å². The van der Waals surface area contributed by atoms with Gasteiger partial charge in [0.25, 0.3) is 0 Å². The quantitative estimate of drug-likeness (QED) is 0.849. The lowest BCUT2D eigenvalue weighted by atomic mass is 10.2. The minimum Gasteiger partial charge on any atom is -0.438 e. The number of hydrogen-bond donors (Lipinski definition) is 1. The van der Waals surface area contributed by atoms with Gasteiger partial charge in [-0.25, -0.2) is 4.98 Å². The van der Waals surface area contributed by atoms with Crippen molar-refractivity contribution in [3.8, 4) is 0 Å². The first-order chi connectivity index (χ1) is 6.99. The second kappa shape index (κ2) is 4.65. The maximum atomic E-state index is 12.3. The summed E-state index contributed by atoms with van der Waals surface area (Å²) in [6, 6.07) is 0. The van der Waals surface area contributed by atoms with Gasteiger partial charge in [0.05, 0.1) is 5.69 Å². The van der Waals surface area contributed by atoms with E-state index >= 15 is 0 Å². The Morgan fingerprint density at radius 1 is 1.40 bits per heavy atom. The number of oxazole rings is 1. The van der Waals surface area contributed by atoms with Crippen molar-refractivity contribution in [3.63, 3.8) is 0 Å². The van der Waals surface area contributed by atoms with Crippen LogP contribution in [-0.4, -0.2) is 11.5 Å². The van der Waals surface area contributed by atoms with Crippen LogP contribution in [0.3, 0.4) is 0 Å². The number of nitrogens with two attached hydrogens (primary N) is 1. The minimum atomic E-state index is -4.51. The molecular formula is C9H13F3N2O. The van der Waals surface area contributed by atoms with Gasteiger partial charge in [0.15, 0.2) is 0 Å². The van der Waals surface area contributed by atoms with Crippen LogP contribution in [0.2, 0.25) is 0 Å². The average Bonchev–Trinajstić information content (AvgIpc) is 2.57. The van der Waals surface area contributed by atoms with Gasteiger partial charge in [-0.15, -0.1) is 0 Å². The first-order valence-corrected chi connectivity index (χ1v) is 4.74. The van der Waals surface area contributed by atoms with Crippen LogP contribution in [0.25, 0.3) is 0 Å². The second-order valence-corrected chi connectivity index (χ2v) is 3.13. The molecule has 1 rings (SSSR count). The molecule has 1 aromatic heterocycles. The van der Waals surface area contributed by atoms with E-state index < -0.39 is 12.1 Å². The van der Waals surface area contributed by atoms with Crippen LogP contribution in [0.15, 0.2) is 4.42 Å². The molecule has 1 heterocycles. The van der Waals surface area contributed by atoms with Gasteiger partial charge in [-0.2, -0.15) is 13.2 Å². The Bertz CT molecular complexity index is 320. The highest BCUT2D eigenvalue weighted by atomic mass is 19.4. The van der Waals surface area contributed by atoms with Crippen LogP contribution >= 0.6 is 0 Å². The molecule has 86 valence electrons. The zero-order chi connectivity index (χ0) is 11.5. The molecule has 0 saturated heterocycles. The first-order valence-electron chi connectivity index (χ1n) is 4.74. The Morgan fingerprint density at radius 2 is 2.07 bits per heavy atom. The van der Waals surface area contributed by atoms with E-state index in [9.17, 15) is 13.2 Å². The van der Waals surface area contributed by atoms with Gasteiger partial charge in [-0.05, 0) is 19.4 Å². The molecule has 1 aromatic rings. The Morgan fingerprint density at radius 3 is 2.53 bits per heavy atom. The smallest absolute Gasteiger partial charge is 0.438 e. The van der Waals surface area contributed by atoms with E-state index in [4.69, 9.17) is 5.73 Å². The lowest BCUT2D eigenvalue weighted by Gasteiger charge is -1.98. The predicted octanol–water partition coefficient (Wildman–Crippen LogP) is 2.15. The van der Waals surface area contributed by atoms with E-state index in [1.165, 1.54) is 0 Å². The van der Waals surface area contributed by atoms with Crippen molar-refractivity contribution < 1.29 is 17.6 Å². The number of nitrogens with zero attached hydrogens (tertiary/aromatic N) is 1. The summed E-state index contributed by atoms with van der Waals surface area (Å²) in [5.74, 6) is -0.860. The number of aryl methyl sites for hydroxylation is 2. The van der Waals surface area contributed by atoms with Gasteiger partial charge >= 0.3 is 12.1 Å². The Balaban J connectivity index is 2.90. The number of halogens is 3. The fraction of sp³-hybridized carbons (Fsp3) is 0.667. The molecule has 0 saturated carbocycles. The molecule has 0 bridgehead atoms. The lowest BCUT2D eigenvalue weighted by Crippen LogP contribution is -2.05. The second-order valence-electron chi connectivity index (χ2n) is 3.13. The normalized spacial score (nSPS) is 12.1. The fourth-order valence-electron chi connectivity index (χ4n) is 1.24. The van der Waals surface area contributed by atoms with E-state index in [1.807, 2.05) is 0 Å². The largest absolute Gasteiger partial charge is 0.468 e. The third kappa shape index (κ3) is 2.95. The first kappa shape index (κ1) is 12.0. The van der Waals surface area contributed by atoms with Gasteiger partial charge in [0.1, 0.15) is 5.76 Å². The monoisotopic (exact) mass is 222 g/mol. The Hall–Kier alpha value is -1.04. The number of alkyl halides is 3. The van der Waals surface area contributed by atoms with Gasteiger partial charge in [0, 0.05) is 6.42 Å². The summed E-state index contributed by atoms with van der Waals surface area (Å²) in [5, 5.41) is 0. The molecule has 0 amide bonds. The average molecular weight is 222 g/mol. The van der Waals surface area contributed by atoms with Gasteiger partial charge in [0.2, 0.25) is 0 Å². The van der Waals surface area contributed by atoms with Crippen LogP contribution in [-0.2, 0) is 19.0 Å².